The van der Waals surface area contributed by atoms with Gasteiger partial charge >= 0.3 is 7.60 Å². The monoisotopic (exact) mass is 234 g/mol. The van der Waals surface area contributed by atoms with Crippen molar-refractivity contribution >= 4 is 13.4 Å². The van der Waals surface area contributed by atoms with Gasteiger partial charge in [0.25, 0.3) is 0 Å². The normalized spacial score (nSPS) is 12.9. The van der Waals surface area contributed by atoms with Crippen LogP contribution in [0.1, 0.15) is 27.7 Å². The quantitative estimate of drug-likeness (QED) is 0.502. The highest BCUT2D eigenvalue weighted by molar-refractivity contribution is 7.54. The van der Waals surface area contributed by atoms with Crippen molar-refractivity contribution in [1.29, 1.82) is 0 Å². The number of carbonyl (C=O) groups excluding carboxylic acids is 1. The minimum atomic E-state index is -3.05. The Morgan fingerprint density at radius 2 is 1.67 bits per heavy atom. The standard InChI is InChI=1S/C10H19O4P/c1-5-13-15(12,14-6-2)8-9(3)7-10(4)11/h7H,5-6,8H2,1-4H3/b9-7+. The number of ketones is 1. The molecule has 0 fully saturated rings. The van der Waals surface area contributed by atoms with Crippen LogP contribution < -0.4 is 0 Å². The molecule has 0 saturated heterocycles. The molecule has 0 aromatic rings. The molecule has 4 nitrogen and oxygen atoms in total. The molecule has 0 aromatic carbocycles. The van der Waals surface area contributed by atoms with Crippen LogP contribution in [0.5, 0.6) is 0 Å². The van der Waals surface area contributed by atoms with Crippen molar-refractivity contribution in [3.05, 3.63) is 11.6 Å². The third-order valence-electron chi connectivity index (χ3n) is 1.54. The van der Waals surface area contributed by atoms with Crippen LogP contribution in [-0.2, 0) is 18.4 Å². The summed E-state index contributed by atoms with van der Waals surface area (Å²) in [7, 11) is -3.05. The summed E-state index contributed by atoms with van der Waals surface area (Å²) >= 11 is 0. The largest absolute Gasteiger partial charge is 0.334 e. The van der Waals surface area contributed by atoms with E-state index >= 15 is 0 Å². The Bertz CT molecular complexity index is 273. The number of carbonyl (C=O) groups is 1. The van der Waals surface area contributed by atoms with E-state index < -0.39 is 7.60 Å². The van der Waals surface area contributed by atoms with Gasteiger partial charge < -0.3 is 9.05 Å². The van der Waals surface area contributed by atoms with Crippen molar-refractivity contribution in [3.8, 4) is 0 Å². The van der Waals surface area contributed by atoms with Crippen LogP contribution >= 0.6 is 7.60 Å². The van der Waals surface area contributed by atoms with Gasteiger partial charge in [-0.3, -0.25) is 9.36 Å². The summed E-state index contributed by atoms with van der Waals surface area (Å²) in [5.41, 5.74) is 0.715. The molecule has 0 bridgehead atoms. The predicted molar refractivity (Wildman–Crippen MR) is 60.2 cm³/mol. The molecule has 0 aliphatic heterocycles. The summed E-state index contributed by atoms with van der Waals surface area (Å²) in [5.74, 6) is -0.0629. The number of allylic oxidation sites excluding steroid dienone is 2. The second-order valence-corrected chi connectivity index (χ2v) is 5.26. The molecule has 0 radical (unpaired) electrons. The summed E-state index contributed by atoms with van der Waals surface area (Å²) in [4.78, 5) is 10.8. The highest BCUT2D eigenvalue weighted by atomic mass is 31.2. The fraction of sp³-hybridized carbons (Fsp3) is 0.700. The van der Waals surface area contributed by atoms with Gasteiger partial charge in [0.2, 0.25) is 0 Å². The second kappa shape index (κ2) is 6.94. The highest BCUT2D eigenvalue weighted by Gasteiger charge is 2.23. The SMILES string of the molecule is CCOP(=O)(C/C(C)=C/C(C)=O)OCC. The van der Waals surface area contributed by atoms with Gasteiger partial charge in [0.1, 0.15) is 0 Å². The van der Waals surface area contributed by atoms with Gasteiger partial charge in [0.15, 0.2) is 5.78 Å². The first-order valence-corrected chi connectivity index (χ1v) is 6.72. The molecule has 0 heterocycles. The summed E-state index contributed by atoms with van der Waals surface area (Å²) in [6.45, 7) is 7.39. The van der Waals surface area contributed by atoms with Crippen molar-refractivity contribution in [3.63, 3.8) is 0 Å². The van der Waals surface area contributed by atoms with E-state index in [0.717, 1.165) is 0 Å². The average molecular weight is 234 g/mol. The topological polar surface area (TPSA) is 52.6 Å². The Hall–Kier alpha value is -0.440. The third kappa shape index (κ3) is 6.61. The number of rotatable bonds is 7. The van der Waals surface area contributed by atoms with E-state index in [4.69, 9.17) is 9.05 Å². The molecule has 0 rings (SSSR count). The lowest BCUT2D eigenvalue weighted by atomic mass is 10.3. The minimum Gasteiger partial charge on any atom is -0.309 e. The number of hydrogen-bond donors (Lipinski definition) is 0. The first kappa shape index (κ1) is 14.6. The molecule has 0 aliphatic rings. The minimum absolute atomic E-state index is 0.0629. The van der Waals surface area contributed by atoms with E-state index in [-0.39, 0.29) is 11.9 Å². The van der Waals surface area contributed by atoms with Crippen LogP contribution in [0.4, 0.5) is 0 Å². The summed E-state index contributed by atoms with van der Waals surface area (Å²) in [5, 5.41) is 0. The van der Waals surface area contributed by atoms with Crippen molar-refractivity contribution in [2.45, 2.75) is 27.7 Å². The van der Waals surface area contributed by atoms with Crippen LogP contribution in [0, 0.1) is 0 Å². The molecule has 0 unspecified atom stereocenters. The molecule has 0 saturated carbocycles. The Labute approximate surface area is 91.2 Å². The second-order valence-electron chi connectivity index (χ2n) is 3.21. The van der Waals surface area contributed by atoms with E-state index in [0.29, 0.717) is 18.8 Å². The zero-order chi connectivity index (χ0) is 11.9. The van der Waals surface area contributed by atoms with Crippen LogP contribution in [0.3, 0.4) is 0 Å². The smallest absolute Gasteiger partial charge is 0.309 e. The van der Waals surface area contributed by atoms with Crippen molar-refractivity contribution in [1.82, 2.24) is 0 Å². The molecule has 0 N–H and O–H groups in total. The zero-order valence-electron chi connectivity index (χ0n) is 9.78. The Morgan fingerprint density at radius 1 is 1.20 bits per heavy atom. The average Bonchev–Trinajstić information content (AvgIpc) is 2.01. The highest BCUT2D eigenvalue weighted by Crippen LogP contribution is 2.49. The molecule has 0 aromatic heterocycles. The Kier molecular flexibility index (Phi) is 6.73. The van der Waals surface area contributed by atoms with Gasteiger partial charge in [0.05, 0.1) is 19.4 Å². The van der Waals surface area contributed by atoms with Crippen LogP contribution in [0.2, 0.25) is 0 Å². The fourth-order valence-electron chi connectivity index (χ4n) is 1.22. The van der Waals surface area contributed by atoms with Crippen LogP contribution in [0.25, 0.3) is 0 Å². The van der Waals surface area contributed by atoms with E-state index in [1.165, 1.54) is 13.0 Å². The molecule has 0 atom stereocenters. The third-order valence-corrected chi connectivity index (χ3v) is 3.73. The van der Waals surface area contributed by atoms with E-state index in [1.807, 2.05) is 0 Å². The lowest BCUT2D eigenvalue weighted by molar-refractivity contribution is -0.112. The Morgan fingerprint density at radius 3 is 2.00 bits per heavy atom. The summed E-state index contributed by atoms with van der Waals surface area (Å²) < 4.78 is 22.2. The first-order valence-electron chi connectivity index (χ1n) is 4.99. The fourth-order valence-corrected chi connectivity index (χ4v) is 2.97. The van der Waals surface area contributed by atoms with Gasteiger partial charge in [-0.15, -0.1) is 0 Å². The van der Waals surface area contributed by atoms with Gasteiger partial charge in [-0.1, -0.05) is 5.57 Å². The molecule has 15 heavy (non-hydrogen) atoms. The predicted octanol–water partition coefficient (Wildman–Crippen LogP) is 2.79. The Balaban J connectivity index is 4.54. The molecule has 0 amide bonds. The maximum atomic E-state index is 12.0. The van der Waals surface area contributed by atoms with Crippen molar-refractivity contribution in [2.75, 3.05) is 19.4 Å². The van der Waals surface area contributed by atoms with E-state index in [9.17, 15) is 9.36 Å². The molecule has 0 spiro atoms. The van der Waals surface area contributed by atoms with Gasteiger partial charge in [-0.25, -0.2) is 0 Å². The van der Waals surface area contributed by atoms with Crippen LogP contribution in [-0.4, -0.2) is 25.2 Å². The maximum absolute atomic E-state index is 12.0. The summed E-state index contributed by atoms with van der Waals surface area (Å²) in [6, 6.07) is 0. The molecule has 0 aliphatic carbocycles. The maximum Gasteiger partial charge on any atom is 0.334 e. The van der Waals surface area contributed by atoms with Crippen molar-refractivity contribution < 1.29 is 18.4 Å². The first-order chi connectivity index (χ1) is 6.93. The van der Waals surface area contributed by atoms with Gasteiger partial charge in [-0.2, -0.15) is 0 Å². The lowest BCUT2D eigenvalue weighted by Crippen LogP contribution is -2.02. The van der Waals surface area contributed by atoms with E-state index in [1.54, 1.807) is 20.8 Å². The van der Waals surface area contributed by atoms with Gasteiger partial charge in [-0.05, 0) is 33.8 Å². The van der Waals surface area contributed by atoms with Crippen LogP contribution in [0.15, 0.2) is 11.6 Å². The number of hydrogen-bond acceptors (Lipinski definition) is 4. The van der Waals surface area contributed by atoms with Crippen molar-refractivity contribution in [2.24, 2.45) is 0 Å². The van der Waals surface area contributed by atoms with E-state index in [2.05, 4.69) is 0 Å². The van der Waals surface area contributed by atoms with Gasteiger partial charge in [0, 0.05) is 0 Å². The molecular weight excluding hydrogens is 215 g/mol. The molecule has 5 heteroatoms. The molecule has 88 valence electrons. The lowest BCUT2D eigenvalue weighted by Gasteiger charge is -2.16. The zero-order valence-corrected chi connectivity index (χ0v) is 10.7. The summed E-state index contributed by atoms with van der Waals surface area (Å²) in [6.07, 6.45) is 1.62. The molecular formula is C10H19O4P.